The first-order valence-electron chi connectivity index (χ1n) is 11.8. The smallest absolute Gasteiger partial charge is 0.254 e. The van der Waals surface area contributed by atoms with Crippen molar-refractivity contribution < 1.29 is 14.3 Å². The van der Waals surface area contributed by atoms with E-state index in [0.29, 0.717) is 54.9 Å². The number of fused-ring (bicyclic) bond motifs is 1. The molecule has 0 spiro atoms. The zero-order valence-corrected chi connectivity index (χ0v) is 20.1. The number of hydrogen-bond acceptors (Lipinski definition) is 4. The van der Waals surface area contributed by atoms with E-state index in [1.807, 2.05) is 28.9 Å². The quantitative estimate of drug-likeness (QED) is 0.466. The summed E-state index contributed by atoms with van der Waals surface area (Å²) in [6.45, 7) is 5.66. The monoisotopic (exact) mass is 480 g/mol. The Bertz CT molecular complexity index is 1180. The summed E-state index contributed by atoms with van der Waals surface area (Å²) in [7, 11) is 0. The number of halogens is 1. The molecule has 2 amide bonds. The first-order valence-corrected chi connectivity index (χ1v) is 12.2. The molecule has 34 heavy (non-hydrogen) atoms. The van der Waals surface area contributed by atoms with Crippen LogP contribution >= 0.6 is 11.6 Å². The van der Waals surface area contributed by atoms with Gasteiger partial charge in [0.25, 0.3) is 11.8 Å². The van der Waals surface area contributed by atoms with Crippen LogP contribution in [0.2, 0.25) is 5.02 Å². The summed E-state index contributed by atoms with van der Waals surface area (Å²) < 4.78 is 5.84. The Balaban J connectivity index is 1.24. The normalized spacial score (nSPS) is 16.0. The minimum Gasteiger partial charge on any atom is -0.379 e. The zero-order valence-electron chi connectivity index (χ0n) is 19.3. The summed E-state index contributed by atoms with van der Waals surface area (Å²) in [6.07, 6.45) is 4.24. The van der Waals surface area contributed by atoms with Gasteiger partial charge in [0.15, 0.2) is 0 Å². The van der Waals surface area contributed by atoms with Crippen molar-refractivity contribution in [2.24, 2.45) is 11.8 Å². The van der Waals surface area contributed by atoms with Crippen LogP contribution in [0.1, 0.15) is 39.1 Å². The van der Waals surface area contributed by atoms with E-state index in [2.05, 4.69) is 10.2 Å². The van der Waals surface area contributed by atoms with Gasteiger partial charge in [0.05, 0.1) is 18.3 Å². The molecule has 1 N–H and O–H groups in total. The predicted molar refractivity (Wildman–Crippen MR) is 131 cm³/mol. The van der Waals surface area contributed by atoms with Crippen LogP contribution in [0.5, 0.6) is 0 Å². The van der Waals surface area contributed by atoms with Crippen LogP contribution in [0, 0.1) is 18.8 Å². The van der Waals surface area contributed by atoms with Crippen molar-refractivity contribution in [3.8, 4) is 0 Å². The first kappa shape index (κ1) is 22.9. The lowest BCUT2D eigenvalue weighted by atomic mass is 9.97. The maximum absolute atomic E-state index is 13.6. The van der Waals surface area contributed by atoms with Crippen molar-refractivity contribution in [3.63, 3.8) is 0 Å². The van der Waals surface area contributed by atoms with Crippen LogP contribution < -0.4 is 0 Å². The minimum atomic E-state index is -0.00176. The maximum Gasteiger partial charge on any atom is 0.254 e. The van der Waals surface area contributed by atoms with Crippen molar-refractivity contribution in [1.82, 2.24) is 20.0 Å². The molecule has 1 saturated carbocycles. The fraction of sp³-hybridized carbons (Fsp3) is 0.423. The Morgan fingerprint density at radius 2 is 1.91 bits per heavy atom. The number of nitrogens with one attached hydrogen (secondary N) is 1. The summed E-state index contributed by atoms with van der Waals surface area (Å²) >= 11 is 5.94. The summed E-state index contributed by atoms with van der Waals surface area (Å²) in [5, 5.41) is 8.63. The van der Waals surface area contributed by atoms with E-state index in [1.54, 1.807) is 30.5 Å². The van der Waals surface area contributed by atoms with Gasteiger partial charge in [0.2, 0.25) is 0 Å². The van der Waals surface area contributed by atoms with Gasteiger partial charge in [-0.3, -0.25) is 14.7 Å². The van der Waals surface area contributed by atoms with E-state index in [4.69, 9.17) is 16.3 Å². The molecule has 1 aliphatic carbocycles. The molecule has 0 unspecified atom stereocenters. The third-order valence-electron chi connectivity index (χ3n) is 6.78. The average molecular weight is 481 g/mol. The molecule has 2 aliphatic rings. The van der Waals surface area contributed by atoms with Crippen molar-refractivity contribution in [3.05, 3.63) is 64.3 Å². The van der Waals surface area contributed by atoms with Gasteiger partial charge in [-0.25, -0.2) is 0 Å². The number of likely N-dealkylation sites (tertiary alicyclic amines) is 1. The Morgan fingerprint density at radius 1 is 1.15 bits per heavy atom. The van der Waals surface area contributed by atoms with Gasteiger partial charge in [0.1, 0.15) is 0 Å². The Morgan fingerprint density at radius 3 is 2.65 bits per heavy atom. The first-order chi connectivity index (χ1) is 16.5. The van der Waals surface area contributed by atoms with E-state index in [0.717, 1.165) is 23.1 Å². The lowest BCUT2D eigenvalue weighted by Crippen LogP contribution is -2.54. The molecule has 178 valence electrons. The van der Waals surface area contributed by atoms with Crippen molar-refractivity contribution >= 4 is 34.3 Å². The van der Waals surface area contributed by atoms with Gasteiger partial charge in [-0.15, -0.1) is 0 Å². The largest absolute Gasteiger partial charge is 0.379 e. The van der Waals surface area contributed by atoms with E-state index in [1.165, 1.54) is 12.8 Å². The summed E-state index contributed by atoms with van der Waals surface area (Å²) in [4.78, 5) is 30.0. The summed E-state index contributed by atoms with van der Waals surface area (Å²) in [5.41, 5.74) is 3.16. The number of carbonyl (C=O) groups is 2. The van der Waals surface area contributed by atoms with Crippen molar-refractivity contribution in [2.45, 2.75) is 19.8 Å². The summed E-state index contributed by atoms with van der Waals surface area (Å²) in [5.74, 6) is 0.925. The number of H-pyrrole nitrogens is 1. The second-order valence-corrected chi connectivity index (χ2v) is 9.86. The molecule has 1 aromatic heterocycles. The lowest BCUT2D eigenvalue weighted by molar-refractivity contribution is 0.0326. The van der Waals surface area contributed by atoms with E-state index in [-0.39, 0.29) is 17.7 Å². The van der Waals surface area contributed by atoms with Crippen LogP contribution in [-0.4, -0.2) is 71.2 Å². The number of nitrogens with zero attached hydrogens (tertiary/aromatic N) is 3. The molecule has 2 fully saturated rings. The molecule has 2 heterocycles. The van der Waals surface area contributed by atoms with Gasteiger partial charge < -0.3 is 14.5 Å². The van der Waals surface area contributed by atoms with Gasteiger partial charge in [-0.2, -0.15) is 5.10 Å². The third kappa shape index (κ3) is 4.95. The number of rotatable bonds is 9. The third-order valence-corrected chi connectivity index (χ3v) is 7.03. The topological polar surface area (TPSA) is 78.5 Å². The van der Waals surface area contributed by atoms with Crippen molar-refractivity contribution in [2.75, 3.05) is 39.4 Å². The number of aryl methyl sites for hydroxylation is 1. The number of aromatic nitrogens is 2. The Hall–Kier alpha value is -2.90. The van der Waals surface area contributed by atoms with Crippen LogP contribution in [0.4, 0.5) is 0 Å². The average Bonchev–Trinajstić information content (AvgIpc) is 3.50. The number of amides is 2. The Kier molecular flexibility index (Phi) is 6.57. The van der Waals surface area contributed by atoms with Gasteiger partial charge in [0, 0.05) is 60.2 Å². The highest BCUT2D eigenvalue weighted by atomic mass is 35.5. The second-order valence-electron chi connectivity index (χ2n) is 9.42. The minimum absolute atomic E-state index is 0.000172. The van der Waals surface area contributed by atoms with E-state index >= 15 is 0 Å². The molecule has 1 aliphatic heterocycles. The highest BCUT2D eigenvalue weighted by molar-refractivity contribution is 6.30. The fourth-order valence-electron chi connectivity index (χ4n) is 4.48. The van der Waals surface area contributed by atoms with Crippen LogP contribution in [-0.2, 0) is 4.74 Å². The second kappa shape index (κ2) is 9.76. The molecular weight excluding hydrogens is 452 g/mol. The number of carbonyl (C=O) groups excluding carboxylic acids is 2. The van der Waals surface area contributed by atoms with Gasteiger partial charge in [-0.05, 0) is 67.6 Å². The number of aromatic amines is 1. The molecule has 7 nitrogen and oxygen atoms in total. The molecule has 2 aromatic carbocycles. The lowest BCUT2D eigenvalue weighted by Gasteiger charge is -2.41. The highest BCUT2D eigenvalue weighted by Gasteiger charge is 2.34. The maximum atomic E-state index is 13.6. The molecule has 0 bridgehead atoms. The molecular formula is C26H29ClN4O3. The van der Waals surface area contributed by atoms with Crippen LogP contribution in [0.25, 0.3) is 10.9 Å². The highest BCUT2D eigenvalue weighted by Crippen LogP contribution is 2.29. The van der Waals surface area contributed by atoms with Crippen LogP contribution in [0.15, 0.2) is 42.6 Å². The van der Waals surface area contributed by atoms with Crippen molar-refractivity contribution in [1.29, 1.82) is 0 Å². The van der Waals surface area contributed by atoms with E-state index in [9.17, 15) is 9.59 Å². The van der Waals surface area contributed by atoms with Crippen LogP contribution in [0.3, 0.4) is 0 Å². The number of hydrogen-bond donors (Lipinski definition) is 1. The SMILES string of the molecule is Cc1c(C(=O)N(CCOCC2CC2)CC2CN(C(=O)c3ccc(Cl)cc3)C2)ccc2[nH]ncc12. The predicted octanol–water partition coefficient (Wildman–Crippen LogP) is 4.17. The zero-order chi connectivity index (χ0) is 23.7. The number of benzene rings is 2. The molecule has 0 atom stereocenters. The molecule has 3 aromatic rings. The fourth-order valence-corrected chi connectivity index (χ4v) is 4.61. The summed E-state index contributed by atoms with van der Waals surface area (Å²) in [6, 6.07) is 10.7. The molecule has 1 saturated heterocycles. The van der Waals surface area contributed by atoms with Gasteiger partial charge >= 0.3 is 0 Å². The molecule has 0 radical (unpaired) electrons. The van der Waals surface area contributed by atoms with Gasteiger partial charge in [-0.1, -0.05) is 11.6 Å². The molecule has 5 rings (SSSR count). The molecule has 8 heteroatoms. The standard InChI is InChI=1S/C26H29ClN4O3/c1-17-22(8-9-24-23(17)12-28-29-24)26(33)30(10-11-34-16-18-2-3-18)13-19-14-31(15-19)25(32)20-4-6-21(27)7-5-20/h4-9,12,18-19H,2-3,10-11,13-16H2,1H3,(H,28,29). The Labute approximate surface area is 204 Å². The number of ether oxygens (including phenoxy) is 1. The van der Waals surface area contributed by atoms with E-state index < -0.39 is 0 Å².